The Labute approximate surface area is 144 Å². The van der Waals surface area contributed by atoms with Gasteiger partial charge in [-0.15, -0.1) is 0 Å². The molecule has 0 saturated heterocycles. The van der Waals surface area contributed by atoms with Crippen molar-refractivity contribution in [2.75, 3.05) is 54.5 Å². The summed E-state index contributed by atoms with van der Waals surface area (Å²) in [6, 6.07) is 3.48. The van der Waals surface area contributed by atoms with Gasteiger partial charge in [0.1, 0.15) is 22.8 Å². The smallest absolute Gasteiger partial charge is 0.216 e. The first kappa shape index (κ1) is 18.5. The Bertz CT molecular complexity index is 591. The van der Waals surface area contributed by atoms with E-state index in [0.717, 1.165) is 13.1 Å². The monoisotopic (exact) mass is 336 g/mol. The largest absolute Gasteiger partial charge is 0.496 e. The zero-order valence-electron chi connectivity index (χ0n) is 15.5. The number of ether oxygens (including phenoxy) is 3. The van der Waals surface area contributed by atoms with Crippen LogP contribution in [0.2, 0.25) is 0 Å². The van der Waals surface area contributed by atoms with Crippen molar-refractivity contribution < 1.29 is 19.0 Å². The third-order valence-electron chi connectivity index (χ3n) is 4.57. The second-order valence-electron chi connectivity index (χ2n) is 6.29. The minimum Gasteiger partial charge on any atom is -0.496 e. The maximum atomic E-state index is 13.3. The molecule has 2 rings (SSSR count). The van der Waals surface area contributed by atoms with Crippen LogP contribution in [0.25, 0.3) is 0 Å². The van der Waals surface area contributed by atoms with Gasteiger partial charge in [0.25, 0.3) is 0 Å². The molecule has 1 aliphatic heterocycles. The number of methoxy groups -OCH3 is 2. The van der Waals surface area contributed by atoms with Crippen molar-refractivity contribution in [3.63, 3.8) is 0 Å². The lowest BCUT2D eigenvalue weighted by molar-refractivity contribution is 0.0262. The van der Waals surface area contributed by atoms with E-state index in [4.69, 9.17) is 14.2 Å². The van der Waals surface area contributed by atoms with Gasteiger partial charge in [0, 0.05) is 25.2 Å². The van der Waals surface area contributed by atoms with Gasteiger partial charge in [-0.2, -0.15) is 0 Å². The fourth-order valence-electron chi connectivity index (χ4n) is 2.99. The average Bonchev–Trinajstić information content (AvgIpc) is 2.85. The van der Waals surface area contributed by atoms with Crippen molar-refractivity contribution in [2.45, 2.75) is 19.4 Å². The summed E-state index contributed by atoms with van der Waals surface area (Å²) in [7, 11) is 7.12. The molecule has 0 radical (unpaired) electrons. The molecule has 1 aliphatic rings. The molecule has 6 nitrogen and oxygen atoms in total. The minimum atomic E-state index is -0.933. The van der Waals surface area contributed by atoms with Gasteiger partial charge in [-0.1, -0.05) is 13.8 Å². The molecule has 0 saturated carbocycles. The normalized spacial score (nSPS) is 15.6. The fraction of sp³-hybridized carbons (Fsp3) is 0.611. The van der Waals surface area contributed by atoms with E-state index in [1.54, 1.807) is 26.4 Å². The number of benzene rings is 1. The first-order valence-electron chi connectivity index (χ1n) is 8.27. The van der Waals surface area contributed by atoms with Gasteiger partial charge in [-0.3, -0.25) is 4.79 Å². The van der Waals surface area contributed by atoms with Crippen LogP contribution in [-0.4, -0.2) is 75.7 Å². The molecule has 0 bridgehead atoms. The fourth-order valence-corrected chi connectivity index (χ4v) is 2.99. The molecular formula is C18H28N2O4. The number of nitrogens with zero attached hydrogens (tertiary/aromatic N) is 2. The number of rotatable bonds is 8. The van der Waals surface area contributed by atoms with Crippen molar-refractivity contribution >= 4 is 5.78 Å². The minimum absolute atomic E-state index is 0.0300. The molecule has 0 N–H and O–H groups in total. The number of likely N-dealkylation sites (N-methyl/N-ethyl adjacent to an activating group) is 2. The quantitative estimate of drug-likeness (QED) is 0.723. The number of carbonyl (C=O) groups excluding carboxylic acids is 1. The molecule has 0 aliphatic carbocycles. The number of hydrogen-bond acceptors (Lipinski definition) is 6. The Balaban J connectivity index is 2.48. The number of carbonyl (C=O) groups is 1. The van der Waals surface area contributed by atoms with Gasteiger partial charge in [-0.05, 0) is 27.2 Å². The Hall–Kier alpha value is -1.79. The van der Waals surface area contributed by atoms with E-state index < -0.39 is 5.60 Å². The van der Waals surface area contributed by atoms with E-state index in [1.807, 2.05) is 14.1 Å². The third-order valence-corrected chi connectivity index (χ3v) is 4.57. The van der Waals surface area contributed by atoms with Gasteiger partial charge >= 0.3 is 0 Å². The first-order valence-corrected chi connectivity index (χ1v) is 8.27. The Morgan fingerprint density at radius 1 is 1.04 bits per heavy atom. The van der Waals surface area contributed by atoms with Crippen LogP contribution in [0.4, 0.5) is 0 Å². The van der Waals surface area contributed by atoms with Crippen LogP contribution >= 0.6 is 0 Å². The highest BCUT2D eigenvalue weighted by molar-refractivity contribution is 6.10. The third kappa shape index (κ3) is 3.35. The van der Waals surface area contributed by atoms with Crippen molar-refractivity contribution in [1.82, 2.24) is 9.80 Å². The van der Waals surface area contributed by atoms with E-state index in [9.17, 15) is 4.79 Å². The average molecular weight is 336 g/mol. The van der Waals surface area contributed by atoms with Crippen molar-refractivity contribution in [3.05, 3.63) is 17.7 Å². The molecule has 0 fully saturated rings. The summed E-state index contributed by atoms with van der Waals surface area (Å²) >= 11 is 0. The van der Waals surface area contributed by atoms with Gasteiger partial charge in [0.15, 0.2) is 5.60 Å². The number of ketones is 1. The van der Waals surface area contributed by atoms with Gasteiger partial charge in [-0.25, -0.2) is 0 Å². The van der Waals surface area contributed by atoms with Crippen LogP contribution in [0.1, 0.15) is 24.2 Å². The Morgan fingerprint density at radius 3 is 2.08 bits per heavy atom. The van der Waals surface area contributed by atoms with Crippen LogP contribution in [0.5, 0.6) is 17.2 Å². The number of fused-ring (bicyclic) bond motifs is 1. The maximum Gasteiger partial charge on any atom is 0.216 e. The molecule has 1 heterocycles. The molecule has 1 aromatic carbocycles. The Morgan fingerprint density at radius 2 is 1.62 bits per heavy atom. The van der Waals surface area contributed by atoms with Crippen molar-refractivity contribution in [3.8, 4) is 17.2 Å². The van der Waals surface area contributed by atoms with Crippen LogP contribution in [0, 0.1) is 0 Å². The Kier molecular flexibility index (Phi) is 5.72. The van der Waals surface area contributed by atoms with E-state index in [-0.39, 0.29) is 5.78 Å². The zero-order valence-corrected chi connectivity index (χ0v) is 15.5. The van der Waals surface area contributed by atoms with Crippen LogP contribution in [-0.2, 0) is 0 Å². The second-order valence-corrected chi connectivity index (χ2v) is 6.29. The summed E-state index contributed by atoms with van der Waals surface area (Å²) in [5, 5.41) is 0. The zero-order chi connectivity index (χ0) is 17.9. The lowest BCUT2D eigenvalue weighted by Crippen LogP contribution is -2.56. The standard InChI is InChI=1S/C18H28N2O4/c1-7-19(3)11-18(12-20(4)8-2)17(21)16-14(23-6)9-13(22-5)10-15(16)24-18/h9-10H,7-8,11-12H2,1-6H3. The number of hydrogen-bond donors (Lipinski definition) is 0. The van der Waals surface area contributed by atoms with Crippen LogP contribution < -0.4 is 14.2 Å². The van der Waals surface area contributed by atoms with Crippen molar-refractivity contribution in [1.29, 1.82) is 0 Å². The predicted molar refractivity (Wildman–Crippen MR) is 93.6 cm³/mol. The molecule has 0 spiro atoms. The summed E-state index contributed by atoms with van der Waals surface area (Å²) in [6.07, 6.45) is 0. The molecule has 134 valence electrons. The summed E-state index contributed by atoms with van der Waals surface area (Å²) in [6.45, 7) is 6.84. The highest BCUT2D eigenvalue weighted by Gasteiger charge is 2.50. The summed E-state index contributed by atoms with van der Waals surface area (Å²) < 4.78 is 17.0. The van der Waals surface area contributed by atoms with E-state index in [2.05, 4.69) is 23.6 Å². The van der Waals surface area contributed by atoms with Gasteiger partial charge < -0.3 is 24.0 Å². The summed E-state index contributed by atoms with van der Waals surface area (Å²) in [4.78, 5) is 17.5. The van der Waals surface area contributed by atoms with Gasteiger partial charge in [0.05, 0.1) is 14.2 Å². The SMILES string of the molecule is CCN(C)CC1(CN(C)CC)Oc2cc(OC)cc(OC)c2C1=O. The lowest BCUT2D eigenvalue weighted by atomic mass is 9.93. The highest BCUT2D eigenvalue weighted by Crippen LogP contribution is 2.44. The molecule has 1 aromatic rings. The van der Waals surface area contributed by atoms with Gasteiger partial charge in [0.2, 0.25) is 5.78 Å². The van der Waals surface area contributed by atoms with E-state index in [1.165, 1.54) is 0 Å². The maximum absolute atomic E-state index is 13.3. The molecule has 0 atom stereocenters. The molecule has 0 aromatic heterocycles. The second kappa shape index (κ2) is 7.40. The molecule has 0 amide bonds. The molecule has 6 heteroatoms. The molecular weight excluding hydrogens is 308 g/mol. The lowest BCUT2D eigenvalue weighted by Gasteiger charge is -2.34. The number of Topliss-reactive ketones (excluding diaryl/α,β-unsaturated/α-hetero) is 1. The highest BCUT2D eigenvalue weighted by atomic mass is 16.5. The topological polar surface area (TPSA) is 51.2 Å². The molecule has 0 unspecified atom stereocenters. The predicted octanol–water partition coefficient (Wildman–Crippen LogP) is 1.92. The van der Waals surface area contributed by atoms with Crippen molar-refractivity contribution in [2.24, 2.45) is 0 Å². The van der Waals surface area contributed by atoms with Crippen LogP contribution in [0.3, 0.4) is 0 Å². The summed E-state index contributed by atoms with van der Waals surface area (Å²) in [5.41, 5.74) is -0.426. The van der Waals surface area contributed by atoms with E-state index in [0.29, 0.717) is 35.9 Å². The summed E-state index contributed by atoms with van der Waals surface area (Å²) in [5.74, 6) is 1.61. The van der Waals surface area contributed by atoms with Crippen LogP contribution in [0.15, 0.2) is 12.1 Å². The van der Waals surface area contributed by atoms with E-state index >= 15 is 0 Å². The molecule has 24 heavy (non-hydrogen) atoms. The first-order chi connectivity index (χ1) is 11.4.